The van der Waals surface area contributed by atoms with E-state index in [9.17, 15) is 9.90 Å². The van der Waals surface area contributed by atoms with Crippen molar-refractivity contribution in [3.8, 4) is 0 Å². The zero-order chi connectivity index (χ0) is 18.1. The fourth-order valence-corrected chi connectivity index (χ4v) is 5.23. The molecule has 0 radical (unpaired) electrons. The molecule has 2 fully saturated rings. The molecule has 1 aliphatic heterocycles. The molecule has 1 saturated heterocycles. The summed E-state index contributed by atoms with van der Waals surface area (Å²) in [4.78, 5) is 14.0. The Morgan fingerprint density at radius 2 is 1.96 bits per heavy atom. The normalized spacial score (nSPS) is 28.8. The van der Waals surface area contributed by atoms with Gasteiger partial charge in [0.15, 0.2) is 0 Å². The molecule has 1 unspecified atom stereocenters. The van der Waals surface area contributed by atoms with Gasteiger partial charge >= 0.3 is 0 Å². The summed E-state index contributed by atoms with van der Waals surface area (Å²) >= 11 is 0. The SMILES string of the molecule is CC[C@@](O)(CN1CC(C=O)[C@@H](c2ccccc2C)C1)C1(C)CCCC1. The van der Waals surface area contributed by atoms with E-state index in [0.29, 0.717) is 6.54 Å². The van der Waals surface area contributed by atoms with Crippen LogP contribution >= 0.6 is 0 Å². The summed E-state index contributed by atoms with van der Waals surface area (Å²) in [5.74, 6) is 0.273. The Hall–Kier alpha value is -1.19. The van der Waals surface area contributed by atoms with E-state index in [1.54, 1.807) is 0 Å². The number of β-amino-alcohol motifs (C(OH)–C–C–N with tert-alkyl or cyclic N) is 1. The first kappa shape index (κ1) is 18.6. The van der Waals surface area contributed by atoms with Gasteiger partial charge in [0, 0.05) is 31.5 Å². The molecular formula is C22H33NO2. The van der Waals surface area contributed by atoms with Crippen molar-refractivity contribution in [3.05, 3.63) is 35.4 Å². The van der Waals surface area contributed by atoms with Crippen LogP contribution in [0, 0.1) is 18.3 Å². The summed E-state index contributed by atoms with van der Waals surface area (Å²) in [6.07, 6.45) is 6.58. The Kier molecular flexibility index (Phi) is 5.36. The van der Waals surface area contributed by atoms with Crippen LogP contribution in [0.4, 0.5) is 0 Å². The minimum atomic E-state index is -0.655. The van der Waals surface area contributed by atoms with Gasteiger partial charge in [-0.2, -0.15) is 0 Å². The van der Waals surface area contributed by atoms with Gasteiger partial charge in [0.2, 0.25) is 0 Å². The number of aryl methyl sites for hydroxylation is 1. The molecule has 3 atom stereocenters. The second-order valence-electron chi connectivity index (χ2n) is 8.61. The van der Waals surface area contributed by atoms with E-state index in [1.807, 2.05) is 0 Å². The standard InChI is InChI=1S/C22H33NO2/c1-4-22(25,21(3)11-7-8-12-21)16-23-13-18(15-24)20(14-23)19-10-6-5-9-17(19)2/h5-6,9-10,15,18,20,25H,4,7-8,11-14,16H2,1-3H3/t18?,20-,22+/m0/s1. The number of hydrogen-bond acceptors (Lipinski definition) is 3. The lowest BCUT2D eigenvalue weighted by molar-refractivity contribution is -0.111. The number of likely N-dealkylation sites (tertiary alicyclic amines) is 1. The van der Waals surface area contributed by atoms with Crippen molar-refractivity contribution in [1.29, 1.82) is 0 Å². The number of nitrogens with zero attached hydrogens (tertiary/aromatic N) is 1. The third-order valence-electron chi connectivity index (χ3n) is 7.10. The van der Waals surface area contributed by atoms with Crippen LogP contribution in [-0.2, 0) is 4.79 Å². The minimum absolute atomic E-state index is 0.0131. The number of benzene rings is 1. The number of carbonyl (C=O) groups is 1. The lowest BCUT2D eigenvalue weighted by atomic mass is 9.70. The molecule has 2 aliphatic rings. The first-order chi connectivity index (χ1) is 11.9. The van der Waals surface area contributed by atoms with E-state index in [0.717, 1.165) is 38.6 Å². The average molecular weight is 344 g/mol. The summed E-state index contributed by atoms with van der Waals surface area (Å²) in [7, 11) is 0. The van der Waals surface area contributed by atoms with Crippen LogP contribution in [0.1, 0.15) is 63.0 Å². The Balaban J connectivity index is 1.78. The molecule has 1 aliphatic carbocycles. The molecule has 138 valence electrons. The molecule has 0 spiro atoms. The predicted molar refractivity (Wildman–Crippen MR) is 102 cm³/mol. The molecule has 1 aromatic rings. The van der Waals surface area contributed by atoms with Gasteiger partial charge in [0.05, 0.1) is 5.60 Å². The number of aliphatic hydroxyl groups is 1. The maximum atomic E-state index is 11.7. The van der Waals surface area contributed by atoms with Gasteiger partial charge in [-0.05, 0) is 42.7 Å². The summed E-state index contributed by atoms with van der Waals surface area (Å²) in [5, 5.41) is 11.5. The van der Waals surface area contributed by atoms with Crippen molar-refractivity contribution in [2.75, 3.05) is 19.6 Å². The highest BCUT2D eigenvalue weighted by Gasteiger charge is 2.49. The summed E-state index contributed by atoms with van der Waals surface area (Å²) in [6.45, 7) is 8.81. The van der Waals surface area contributed by atoms with E-state index < -0.39 is 5.60 Å². The maximum absolute atomic E-state index is 11.7. The van der Waals surface area contributed by atoms with E-state index >= 15 is 0 Å². The van der Waals surface area contributed by atoms with Crippen LogP contribution in [0.15, 0.2) is 24.3 Å². The molecule has 0 amide bonds. The molecule has 1 aromatic carbocycles. The highest BCUT2D eigenvalue weighted by molar-refractivity contribution is 5.58. The number of aldehydes is 1. The zero-order valence-electron chi connectivity index (χ0n) is 16.0. The second-order valence-corrected chi connectivity index (χ2v) is 8.61. The van der Waals surface area contributed by atoms with Gasteiger partial charge in [-0.25, -0.2) is 0 Å². The molecule has 3 heteroatoms. The number of carbonyl (C=O) groups excluding carboxylic acids is 1. The number of hydrogen-bond donors (Lipinski definition) is 1. The van der Waals surface area contributed by atoms with Crippen molar-refractivity contribution in [2.24, 2.45) is 11.3 Å². The number of rotatable bonds is 6. The van der Waals surface area contributed by atoms with Crippen molar-refractivity contribution < 1.29 is 9.90 Å². The van der Waals surface area contributed by atoms with Crippen molar-refractivity contribution in [3.63, 3.8) is 0 Å². The largest absolute Gasteiger partial charge is 0.388 e. The van der Waals surface area contributed by atoms with E-state index in [4.69, 9.17) is 0 Å². The first-order valence-corrected chi connectivity index (χ1v) is 9.88. The van der Waals surface area contributed by atoms with Gasteiger partial charge in [-0.3, -0.25) is 4.90 Å². The quantitative estimate of drug-likeness (QED) is 0.796. The average Bonchev–Trinajstić information content (AvgIpc) is 3.22. The summed E-state index contributed by atoms with van der Waals surface area (Å²) in [6, 6.07) is 8.40. The molecule has 0 bridgehead atoms. The lowest BCUT2D eigenvalue weighted by Gasteiger charge is -2.44. The fraction of sp³-hybridized carbons (Fsp3) is 0.682. The van der Waals surface area contributed by atoms with Gasteiger partial charge < -0.3 is 9.90 Å². The Labute approximate surface area is 152 Å². The third kappa shape index (κ3) is 3.41. The summed E-state index contributed by atoms with van der Waals surface area (Å²) < 4.78 is 0. The van der Waals surface area contributed by atoms with Crippen molar-refractivity contribution >= 4 is 6.29 Å². The third-order valence-corrected chi connectivity index (χ3v) is 7.10. The van der Waals surface area contributed by atoms with Crippen molar-refractivity contribution in [2.45, 2.75) is 64.4 Å². The monoisotopic (exact) mass is 343 g/mol. The molecule has 1 heterocycles. The van der Waals surface area contributed by atoms with Crippen molar-refractivity contribution in [1.82, 2.24) is 4.90 Å². The lowest BCUT2D eigenvalue weighted by Crippen LogP contribution is -2.52. The smallest absolute Gasteiger partial charge is 0.125 e. The van der Waals surface area contributed by atoms with Gasteiger partial charge in [0.1, 0.15) is 6.29 Å². The molecule has 3 rings (SSSR count). The van der Waals surface area contributed by atoms with Gasteiger partial charge in [-0.15, -0.1) is 0 Å². The Morgan fingerprint density at radius 1 is 1.28 bits per heavy atom. The molecule has 1 N–H and O–H groups in total. The first-order valence-electron chi connectivity index (χ1n) is 9.88. The van der Waals surface area contributed by atoms with E-state index in [2.05, 4.69) is 49.9 Å². The highest BCUT2D eigenvalue weighted by atomic mass is 16.3. The fourth-order valence-electron chi connectivity index (χ4n) is 5.23. The van der Waals surface area contributed by atoms with Gasteiger partial charge in [0.25, 0.3) is 0 Å². The molecular weight excluding hydrogens is 310 g/mol. The van der Waals surface area contributed by atoms with E-state index in [-0.39, 0.29) is 17.3 Å². The topological polar surface area (TPSA) is 40.5 Å². The van der Waals surface area contributed by atoms with Crippen LogP contribution in [0.5, 0.6) is 0 Å². The van der Waals surface area contributed by atoms with Crippen LogP contribution < -0.4 is 0 Å². The minimum Gasteiger partial charge on any atom is -0.388 e. The second kappa shape index (κ2) is 7.20. The van der Waals surface area contributed by atoms with Gasteiger partial charge in [-0.1, -0.05) is 51.0 Å². The van der Waals surface area contributed by atoms with Crippen LogP contribution in [0.2, 0.25) is 0 Å². The predicted octanol–water partition coefficient (Wildman–Crippen LogP) is 3.93. The zero-order valence-corrected chi connectivity index (χ0v) is 16.0. The highest BCUT2D eigenvalue weighted by Crippen LogP contribution is 2.48. The maximum Gasteiger partial charge on any atom is 0.125 e. The molecule has 1 saturated carbocycles. The van der Waals surface area contributed by atoms with Crippen LogP contribution in [-0.4, -0.2) is 41.5 Å². The molecule has 0 aromatic heterocycles. The van der Waals surface area contributed by atoms with E-state index in [1.165, 1.54) is 24.0 Å². The molecule has 3 nitrogen and oxygen atoms in total. The molecule has 25 heavy (non-hydrogen) atoms. The Bertz CT molecular complexity index is 608. The summed E-state index contributed by atoms with van der Waals surface area (Å²) in [5.41, 5.74) is 1.90. The van der Waals surface area contributed by atoms with Crippen LogP contribution in [0.25, 0.3) is 0 Å². The van der Waals surface area contributed by atoms with Crippen LogP contribution in [0.3, 0.4) is 0 Å². The Morgan fingerprint density at radius 3 is 2.56 bits per heavy atom.